The summed E-state index contributed by atoms with van der Waals surface area (Å²) in [5.41, 5.74) is 0. The number of esters is 1. The molecule has 1 aromatic heterocycles. The first-order valence-corrected chi connectivity index (χ1v) is 9.36. The van der Waals surface area contributed by atoms with Crippen molar-refractivity contribution in [3.63, 3.8) is 0 Å². The van der Waals surface area contributed by atoms with Gasteiger partial charge in [0.2, 0.25) is 10.0 Å². The Morgan fingerprint density at radius 1 is 1.48 bits per heavy atom. The fraction of sp³-hybridized carbons (Fsp3) is 0.643. The first-order chi connectivity index (χ1) is 9.89. The van der Waals surface area contributed by atoms with Crippen LogP contribution in [-0.4, -0.2) is 38.1 Å². The van der Waals surface area contributed by atoms with E-state index < -0.39 is 27.2 Å². The van der Waals surface area contributed by atoms with Gasteiger partial charge in [-0.1, -0.05) is 12.5 Å². The maximum Gasteiger partial charge on any atom is 0.310 e. The topological polar surface area (TPSA) is 63.7 Å². The fourth-order valence-corrected chi connectivity index (χ4v) is 5.85. The van der Waals surface area contributed by atoms with Crippen molar-refractivity contribution in [2.24, 2.45) is 5.92 Å². The van der Waals surface area contributed by atoms with E-state index in [4.69, 9.17) is 4.74 Å². The molecule has 1 aliphatic carbocycles. The molecule has 0 radical (unpaired) electrons. The van der Waals surface area contributed by atoms with E-state index >= 15 is 0 Å². The second kappa shape index (κ2) is 6.46. The van der Waals surface area contributed by atoms with Gasteiger partial charge in [0.15, 0.2) is 0 Å². The molecule has 0 amide bonds. The van der Waals surface area contributed by atoms with Gasteiger partial charge in [-0.05, 0) is 31.2 Å². The molecule has 1 aliphatic rings. The molecule has 1 heterocycles. The monoisotopic (exact) mass is 331 g/mol. The summed E-state index contributed by atoms with van der Waals surface area (Å²) in [6.45, 7) is 1.87. The number of carbonyl (C=O) groups excluding carboxylic acids is 1. The van der Waals surface area contributed by atoms with Crippen molar-refractivity contribution in [2.45, 2.75) is 37.5 Å². The van der Waals surface area contributed by atoms with Crippen LogP contribution < -0.4 is 0 Å². The Bertz CT molecular complexity index is 582. The van der Waals surface area contributed by atoms with Crippen LogP contribution in [0, 0.1) is 5.92 Å². The third-order valence-corrected chi connectivity index (χ3v) is 7.73. The molecule has 2 rings (SSSR count). The van der Waals surface area contributed by atoms with E-state index in [1.54, 1.807) is 7.05 Å². The van der Waals surface area contributed by atoms with E-state index in [0.29, 0.717) is 12.8 Å². The van der Waals surface area contributed by atoms with Crippen molar-refractivity contribution in [2.75, 3.05) is 14.2 Å². The molecule has 1 fully saturated rings. The summed E-state index contributed by atoms with van der Waals surface area (Å²) in [7, 11) is -0.632. The van der Waals surface area contributed by atoms with Gasteiger partial charge in [0.05, 0.1) is 24.3 Å². The van der Waals surface area contributed by atoms with Gasteiger partial charge < -0.3 is 4.74 Å². The molecule has 0 spiro atoms. The highest BCUT2D eigenvalue weighted by Crippen LogP contribution is 2.36. The number of sulfonamides is 1. The third-order valence-electron chi connectivity index (χ3n) is 4.24. The number of hydrogen-bond donors (Lipinski definition) is 0. The zero-order valence-corrected chi connectivity index (χ0v) is 14.1. The lowest BCUT2D eigenvalue weighted by atomic mass is 10.1. The van der Waals surface area contributed by atoms with Gasteiger partial charge in [-0.25, -0.2) is 8.42 Å². The Morgan fingerprint density at radius 3 is 2.76 bits per heavy atom. The molecule has 1 aromatic rings. The lowest BCUT2D eigenvalue weighted by molar-refractivity contribution is -0.145. The predicted octanol–water partition coefficient (Wildman–Crippen LogP) is 2.41. The summed E-state index contributed by atoms with van der Waals surface area (Å²) in [6, 6.07) is 3.60. The SMILES string of the molecule is COC(=O)C1CCCC1S(=O)(=O)N(C)C(C)c1cccs1. The summed E-state index contributed by atoms with van der Waals surface area (Å²) >= 11 is 1.53. The van der Waals surface area contributed by atoms with Crippen LogP contribution in [0.5, 0.6) is 0 Å². The van der Waals surface area contributed by atoms with Crippen molar-refractivity contribution < 1.29 is 17.9 Å². The Morgan fingerprint density at radius 2 is 2.19 bits per heavy atom. The van der Waals surface area contributed by atoms with Gasteiger partial charge >= 0.3 is 5.97 Å². The number of thiophene rings is 1. The lowest BCUT2D eigenvalue weighted by Gasteiger charge is -2.28. The average molecular weight is 331 g/mol. The molecular weight excluding hydrogens is 310 g/mol. The zero-order chi connectivity index (χ0) is 15.6. The molecule has 5 nitrogen and oxygen atoms in total. The second-order valence-corrected chi connectivity index (χ2v) is 8.54. The van der Waals surface area contributed by atoms with E-state index in [2.05, 4.69) is 0 Å². The first kappa shape index (κ1) is 16.5. The molecule has 0 N–H and O–H groups in total. The minimum Gasteiger partial charge on any atom is -0.469 e. The maximum absolute atomic E-state index is 12.8. The molecule has 0 bridgehead atoms. The van der Waals surface area contributed by atoms with E-state index in [9.17, 15) is 13.2 Å². The number of hydrogen-bond acceptors (Lipinski definition) is 5. The van der Waals surface area contributed by atoms with Crippen LogP contribution in [0.25, 0.3) is 0 Å². The highest BCUT2D eigenvalue weighted by molar-refractivity contribution is 7.89. The largest absolute Gasteiger partial charge is 0.469 e. The second-order valence-electron chi connectivity index (χ2n) is 5.35. The van der Waals surface area contributed by atoms with Crippen LogP contribution >= 0.6 is 11.3 Å². The molecule has 7 heteroatoms. The van der Waals surface area contributed by atoms with Crippen LogP contribution in [0.3, 0.4) is 0 Å². The minimum atomic E-state index is -3.53. The molecule has 21 heavy (non-hydrogen) atoms. The van der Waals surface area contributed by atoms with Crippen molar-refractivity contribution in [1.29, 1.82) is 0 Å². The van der Waals surface area contributed by atoms with E-state index in [1.165, 1.54) is 22.8 Å². The minimum absolute atomic E-state index is 0.228. The van der Waals surface area contributed by atoms with Crippen molar-refractivity contribution >= 4 is 27.3 Å². The van der Waals surface area contributed by atoms with Gasteiger partial charge in [0.25, 0.3) is 0 Å². The van der Waals surface area contributed by atoms with Gasteiger partial charge in [-0.3, -0.25) is 4.79 Å². The Labute approximate surface area is 130 Å². The normalized spacial score (nSPS) is 24.2. The van der Waals surface area contributed by atoms with Crippen LogP contribution in [0.1, 0.15) is 37.1 Å². The molecule has 0 aromatic carbocycles. The molecule has 0 saturated heterocycles. The van der Waals surface area contributed by atoms with Gasteiger partial charge in [-0.2, -0.15) is 4.31 Å². The van der Waals surface area contributed by atoms with Gasteiger partial charge in [0.1, 0.15) is 0 Å². The number of carbonyl (C=O) groups is 1. The standard InChI is InChI=1S/C14H21NO4S2/c1-10(12-7-5-9-20-12)15(2)21(17,18)13-8-4-6-11(13)14(16)19-3/h5,7,9-11,13H,4,6,8H2,1-3H3. The predicted molar refractivity (Wildman–Crippen MR) is 82.6 cm³/mol. The highest BCUT2D eigenvalue weighted by Gasteiger charge is 2.45. The van der Waals surface area contributed by atoms with E-state index in [1.807, 2.05) is 24.4 Å². The Kier molecular flexibility index (Phi) is 5.06. The average Bonchev–Trinajstić information content (AvgIpc) is 3.15. The number of methoxy groups -OCH3 is 1. The van der Waals surface area contributed by atoms with Gasteiger partial charge in [-0.15, -0.1) is 11.3 Å². The molecule has 0 aliphatic heterocycles. The van der Waals surface area contributed by atoms with Crippen LogP contribution in [0.4, 0.5) is 0 Å². The van der Waals surface area contributed by atoms with E-state index in [-0.39, 0.29) is 6.04 Å². The number of rotatable bonds is 5. The molecular formula is C14H21NO4S2. The first-order valence-electron chi connectivity index (χ1n) is 6.97. The smallest absolute Gasteiger partial charge is 0.310 e. The van der Waals surface area contributed by atoms with Crippen LogP contribution in [-0.2, 0) is 19.6 Å². The van der Waals surface area contributed by atoms with Crippen molar-refractivity contribution in [1.82, 2.24) is 4.31 Å². The quantitative estimate of drug-likeness (QED) is 0.777. The maximum atomic E-state index is 12.8. The van der Waals surface area contributed by atoms with Crippen molar-refractivity contribution in [3.05, 3.63) is 22.4 Å². The molecule has 1 saturated carbocycles. The molecule has 3 atom stereocenters. The number of nitrogens with zero attached hydrogens (tertiary/aromatic N) is 1. The van der Waals surface area contributed by atoms with Crippen LogP contribution in [0.15, 0.2) is 17.5 Å². The summed E-state index contributed by atoms with van der Waals surface area (Å²) in [5.74, 6) is -0.962. The Balaban J connectivity index is 2.22. The summed E-state index contributed by atoms with van der Waals surface area (Å²) in [5, 5.41) is 1.26. The summed E-state index contributed by atoms with van der Waals surface area (Å²) in [4.78, 5) is 12.8. The zero-order valence-electron chi connectivity index (χ0n) is 12.5. The molecule has 118 valence electrons. The fourth-order valence-electron chi connectivity index (χ4n) is 2.85. The molecule has 3 unspecified atom stereocenters. The summed E-state index contributed by atoms with van der Waals surface area (Å²) < 4.78 is 31.8. The van der Waals surface area contributed by atoms with E-state index in [0.717, 1.165) is 11.3 Å². The third kappa shape index (κ3) is 3.14. The highest BCUT2D eigenvalue weighted by atomic mass is 32.2. The van der Waals surface area contributed by atoms with Crippen molar-refractivity contribution in [3.8, 4) is 0 Å². The lowest BCUT2D eigenvalue weighted by Crippen LogP contribution is -2.41. The Hall–Kier alpha value is -0.920. The van der Waals surface area contributed by atoms with Crippen LogP contribution in [0.2, 0.25) is 0 Å². The number of ether oxygens (including phenoxy) is 1. The summed E-state index contributed by atoms with van der Waals surface area (Å²) in [6.07, 6.45) is 1.84. The van der Waals surface area contributed by atoms with Gasteiger partial charge in [0, 0.05) is 11.9 Å².